The average Bonchev–Trinajstić information content (AvgIpc) is 2.45. The molecule has 1 atom stereocenters. The van der Waals surface area contributed by atoms with E-state index in [4.69, 9.17) is 14.7 Å². The summed E-state index contributed by atoms with van der Waals surface area (Å²) in [6, 6.07) is 9.41. The quantitative estimate of drug-likeness (QED) is 0.747. The molecule has 0 bridgehead atoms. The third-order valence-electron chi connectivity index (χ3n) is 2.75. The molecule has 1 heterocycles. The van der Waals surface area contributed by atoms with Crippen LogP contribution in [0.15, 0.2) is 24.3 Å². The van der Waals surface area contributed by atoms with Gasteiger partial charge >= 0.3 is 0 Å². The lowest BCUT2D eigenvalue weighted by Crippen LogP contribution is -2.22. The molecule has 1 aromatic rings. The summed E-state index contributed by atoms with van der Waals surface area (Å²) in [5.74, 6) is 5.87. The highest BCUT2D eigenvalue weighted by Crippen LogP contribution is 2.13. The maximum absolute atomic E-state index is 8.91. The minimum Gasteiger partial charge on any atom is -0.353 e. The van der Waals surface area contributed by atoms with Crippen molar-refractivity contribution >= 4 is 0 Å². The standard InChI is InChI=1S/C15H15NO2/c16-12-14-7-2-1-6-13(14)8-5-11-18-15-9-3-4-10-17-15/h1-2,6-7,15H,3-4,9-11H2. The van der Waals surface area contributed by atoms with Crippen LogP contribution in [0.4, 0.5) is 0 Å². The number of hydrogen-bond acceptors (Lipinski definition) is 3. The third kappa shape index (κ3) is 3.60. The predicted molar refractivity (Wildman–Crippen MR) is 67.6 cm³/mol. The van der Waals surface area contributed by atoms with Crippen LogP contribution in [-0.4, -0.2) is 19.5 Å². The molecule has 1 fully saturated rings. The van der Waals surface area contributed by atoms with Crippen LogP contribution >= 0.6 is 0 Å². The van der Waals surface area contributed by atoms with Crippen molar-refractivity contribution in [3.05, 3.63) is 35.4 Å². The second kappa shape index (κ2) is 6.81. The van der Waals surface area contributed by atoms with Gasteiger partial charge < -0.3 is 9.47 Å². The number of rotatable bonds is 2. The fraction of sp³-hybridized carbons (Fsp3) is 0.400. The molecule has 0 amide bonds. The predicted octanol–water partition coefficient (Wildman–Crippen LogP) is 2.45. The molecule has 0 radical (unpaired) electrons. The van der Waals surface area contributed by atoms with Crippen LogP contribution in [0, 0.1) is 23.2 Å². The van der Waals surface area contributed by atoms with Gasteiger partial charge in [0.2, 0.25) is 0 Å². The molecular weight excluding hydrogens is 226 g/mol. The second-order valence-electron chi connectivity index (χ2n) is 4.07. The van der Waals surface area contributed by atoms with Gasteiger partial charge in [0.05, 0.1) is 5.56 Å². The summed E-state index contributed by atoms with van der Waals surface area (Å²) in [6.07, 6.45) is 3.09. The molecule has 0 saturated carbocycles. The Morgan fingerprint density at radius 1 is 1.28 bits per heavy atom. The van der Waals surface area contributed by atoms with Crippen LogP contribution in [0.1, 0.15) is 30.4 Å². The van der Waals surface area contributed by atoms with Gasteiger partial charge in [-0.15, -0.1) is 0 Å². The molecule has 0 N–H and O–H groups in total. The molecule has 1 saturated heterocycles. The zero-order valence-corrected chi connectivity index (χ0v) is 10.2. The molecule has 3 heteroatoms. The van der Waals surface area contributed by atoms with Gasteiger partial charge in [-0.2, -0.15) is 5.26 Å². The first-order chi connectivity index (χ1) is 8.90. The lowest BCUT2D eigenvalue weighted by atomic mass is 10.1. The van der Waals surface area contributed by atoms with E-state index in [1.807, 2.05) is 18.2 Å². The largest absolute Gasteiger partial charge is 0.353 e. The molecule has 0 aromatic heterocycles. The normalized spacial score (nSPS) is 18.5. The van der Waals surface area contributed by atoms with Gasteiger partial charge in [0.1, 0.15) is 12.7 Å². The van der Waals surface area contributed by atoms with Gasteiger partial charge in [0.15, 0.2) is 6.29 Å². The van der Waals surface area contributed by atoms with E-state index in [9.17, 15) is 0 Å². The fourth-order valence-electron chi connectivity index (χ4n) is 1.80. The molecule has 18 heavy (non-hydrogen) atoms. The first-order valence-electron chi connectivity index (χ1n) is 6.11. The van der Waals surface area contributed by atoms with E-state index in [1.165, 1.54) is 0 Å². The first-order valence-corrected chi connectivity index (χ1v) is 6.11. The van der Waals surface area contributed by atoms with Crippen LogP contribution in [0.25, 0.3) is 0 Å². The van der Waals surface area contributed by atoms with Crippen LogP contribution in [0.2, 0.25) is 0 Å². The summed E-state index contributed by atoms with van der Waals surface area (Å²) in [6.45, 7) is 1.11. The Hall–Kier alpha value is -1.81. The Bertz CT molecular complexity index is 487. The van der Waals surface area contributed by atoms with Gasteiger partial charge in [-0.25, -0.2) is 0 Å². The van der Waals surface area contributed by atoms with Gasteiger partial charge in [-0.3, -0.25) is 0 Å². The van der Waals surface area contributed by atoms with Gasteiger partial charge in [0, 0.05) is 12.2 Å². The van der Waals surface area contributed by atoms with Crippen LogP contribution in [-0.2, 0) is 9.47 Å². The summed E-state index contributed by atoms with van der Waals surface area (Å²) in [5.41, 5.74) is 1.34. The van der Waals surface area contributed by atoms with Crippen LogP contribution < -0.4 is 0 Å². The van der Waals surface area contributed by atoms with Crippen molar-refractivity contribution < 1.29 is 9.47 Å². The first kappa shape index (κ1) is 12.6. The summed E-state index contributed by atoms with van der Waals surface area (Å²) >= 11 is 0. The van der Waals surface area contributed by atoms with E-state index in [-0.39, 0.29) is 6.29 Å². The summed E-state index contributed by atoms with van der Waals surface area (Å²) in [7, 11) is 0. The number of hydrogen-bond donors (Lipinski definition) is 0. The molecule has 0 aliphatic carbocycles. The Morgan fingerprint density at radius 2 is 2.11 bits per heavy atom. The average molecular weight is 241 g/mol. The van der Waals surface area contributed by atoms with Crippen molar-refractivity contribution in [3.8, 4) is 17.9 Å². The minimum absolute atomic E-state index is 0.112. The zero-order chi connectivity index (χ0) is 12.6. The molecule has 1 aliphatic heterocycles. The lowest BCUT2D eigenvalue weighted by molar-refractivity contribution is -0.154. The molecule has 1 aromatic carbocycles. The molecular formula is C15H15NO2. The van der Waals surface area contributed by atoms with Gasteiger partial charge in [-0.05, 0) is 31.4 Å². The molecule has 1 unspecified atom stereocenters. The maximum Gasteiger partial charge on any atom is 0.158 e. The molecule has 3 nitrogen and oxygen atoms in total. The smallest absolute Gasteiger partial charge is 0.158 e. The number of nitriles is 1. The molecule has 2 rings (SSSR count). The Balaban J connectivity index is 1.86. The number of ether oxygens (including phenoxy) is 2. The Labute approximate surface area is 107 Å². The van der Waals surface area contributed by atoms with Crippen molar-refractivity contribution in [1.82, 2.24) is 0 Å². The van der Waals surface area contributed by atoms with E-state index in [2.05, 4.69) is 17.9 Å². The van der Waals surface area contributed by atoms with Crippen molar-refractivity contribution in [2.45, 2.75) is 25.6 Å². The maximum atomic E-state index is 8.91. The summed E-state index contributed by atoms with van der Waals surface area (Å²) in [5, 5.41) is 8.91. The molecule has 92 valence electrons. The fourth-order valence-corrected chi connectivity index (χ4v) is 1.80. The van der Waals surface area contributed by atoms with E-state index in [0.717, 1.165) is 31.4 Å². The van der Waals surface area contributed by atoms with E-state index >= 15 is 0 Å². The van der Waals surface area contributed by atoms with Crippen molar-refractivity contribution in [3.63, 3.8) is 0 Å². The van der Waals surface area contributed by atoms with E-state index < -0.39 is 0 Å². The second-order valence-corrected chi connectivity index (χ2v) is 4.07. The highest BCUT2D eigenvalue weighted by molar-refractivity contribution is 5.47. The van der Waals surface area contributed by atoms with Crippen LogP contribution in [0.3, 0.4) is 0 Å². The van der Waals surface area contributed by atoms with Crippen molar-refractivity contribution in [1.29, 1.82) is 5.26 Å². The Kier molecular flexibility index (Phi) is 4.78. The van der Waals surface area contributed by atoms with Gasteiger partial charge in [-0.1, -0.05) is 24.0 Å². The number of benzene rings is 1. The SMILES string of the molecule is N#Cc1ccccc1C#CCOC1CCCCO1. The van der Waals surface area contributed by atoms with Gasteiger partial charge in [0.25, 0.3) is 0 Å². The van der Waals surface area contributed by atoms with E-state index in [0.29, 0.717) is 12.2 Å². The van der Waals surface area contributed by atoms with Crippen molar-refractivity contribution in [2.24, 2.45) is 0 Å². The Morgan fingerprint density at radius 3 is 2.83 bits per heavy atom. The lowest BCUT2D eigenvalue weighted by Gasteiger charge is -2.21. The third-order valence-corrected chi connectivity index (χ3v) is 2.75. The highest BCUT2D eigenvalue weighted by atomic mass is 16.7. The number of nitrogens with zero attached hydrogens (tertiary/aromatic N) is 1. The minimum atomic E-state index is -0.112. The zero-order valence-electron chi connectivity index (χ0n) is 10.2. The van der Waals surface area contributed by atoms with E-state index in [1.54, 1.807) is 6.07 Å². The monoisotopic (exact) mass is 241 g/mol. The topological polar surface area (TPSA) is 42.2 Å². The summed E-state index contributed by atoms with van der Waals surface area (Å²) in [4.78, 5) is 0. The highest BCUT2D eigenvalue weighted by Gasteiger charge is 2.12. The molecule has 1 aliphatic rings. The summed E-state index contributed by atoms with van der Waals surface area (Å²) < 4.78 is 10.9. The van der Waals surface area contributed by atoms with Crippen molar-refractivity contribution in [2.75, 3.05) is 13.2 Å². The molecule has 0 spiro atoms. The van der Waals surface area contributed by atoms with Crippen LogP contribution in [0.5, 0.6) is 0 Å².